The lowest BCUT2D eigenvalue weighted by Crippen LogP contribution is -2.51. The monoisotopic (exact) mass is 604 g/mol. The van der Waals surface area contributed by atoms with Crippen molar-refractivity contribution in [1.29, 1.82) is 0 Å². The maximum Gasteiger partial charge on any atom is 0.418 e. The van der Waals surface area contributed by atoms with Gasteiger partial charge in [0.25, 0.3) is 0 Å². The van der Waals surface area contributed by atoms with Crippen molar-refractivity contribution in [2.75, 3.05) is 19.8 Å². The molecule has 0 saturated heterocycles. The van der Waals surface area contributed by atoms with E-state index in [9.17, 15) is 23.2 Å². The number of alkyl halides is 2. The number of hydrogen-bond donors (Lipinski definition) is 1. The molecule has 1 N–H and O–H groups in total. The van der Waals surface area contributed by atoms with E-state index >= 15 is 0 Å². The molecule has 3 amide bonds. The SMILES string of the molecule is CC1=C(C(=O)OCC2CCCCC2)C(c2ccc(OC(F)F)c(OCC3CC3)c2)N(C(=O)OCC2CCCCC2)C(=O)N1. The summed E-state index contributed by atoms with van der Waals surface area (Å²) in [4.78, 5) is 41.4. The maximum atomic E-state index is 13.7. The second kappa shape index (κ2) is 14.4. The minimum absolute atomic E-state index is 0.0405. The van der Waals surface area contributed by atoms with Gasteiger partial charge in [-0.1, -0.05) is 44.6 Å². The van der Waals surface area contributed by atoms with Gasteiger partial charge in [-0.05, 0) is 80.9 Å². The molecule has 3 saturated carbocycles. The first kappa shape index (κ1) is 31.1. The number of nitrogens with zero attached hydrogens (tertiary/aromatic N) is 1. The number of halogens is 2. The van der Waals surface area contributed by atoms with Crippen LogP contribution in [-0.4, -0.2) is 49.4 Å². The number of benzene rings is 1. The van der Waals surface area contributed by atoms with Gasteiger partial charge in [0.1, 0.15) is 6.04 Å². The third-order valence-electron chi connectivity index (χ3n) is 8.88. The summed E-state index contributed by atoms with van der Waals surface area (Å²) in [5.74, 6) is -0.0184. The van der Waals surface area contributed by atoms with Crippen LogP contribution in [0.5, 0.6) is 11.5 Å². The summed E-state index contributed by atoms with van der Waals surface area (Å²) in [5.41, 5.74) is 0.620. The Morgan fingerprint density at radius 1 is 0.860 bits per heavy atom. The molecule has 1 aromatic carbocycles. The first-order chi connectivity index (χ1) is 20.8. The van der Waals surface area contributed by atoms with E-state index in [1.807, 2.05) is 0 Å². The number of allylic oxidation sites excluding steroid dienone is 1. The van der Waals surface area contributed by atoms with Crippen molar-refractivity contribution in [3.05, 3.63) is 35.0 Å². The van der Waals surface area contributed by atoms with E-state index in [0.29, 0.717) is 18.1 Å². The topological polar surface area (TPSA) is 103 Å². The second-order valence-electron chi connectivity index (χ2n) is 12.3. The highest BCUT2D eigenvalue weighted by Gasteiger charge is 2.43. The molecule has 1 heterocycles. The molecule has 236 valence electrons. The first-order valence-corrected chi connectivity index (χ1v) is 15.7. The molecular formula is C32H42F2N2O7. The van der Waals surface area contributed by atoms with Crippen LogP contribution in [0.4, 0.5) is 18.4 Å². The van der Waals surface area contributed by atoms with Gasteiger partial charge in [-0.25, -0.2) is 19.3 Å². The summed E-state index contributed by atoms with van der Waals surface area (Å²) >= 11 is 0. The van der Waals surface area contributed by atoms with Gasteiger partial charge < -0.3 is 24.3 Å². The molecule has 3 fully saturated rings. The van der Waals surface area contributed by atoms with E-state index in [1.54, 1.807) is 6.92 Å². The number of urea groups is 1. The van der Waals surface area contributed by atoms with Gasteiger partial charge >= 0.3 is 24.7 Å². The van der Waals surface area contributed by atoms with Crippen molar-refractivity contribution >= 4 is 18.1 Å². The lowest BCUT2D eigenvalue weighted by atomic mass is 9.90. The highest BCUT2D eigenvalue weighted by atomic mass is 19.3. The highest BCUT2D eigenvalue weighted by molar-refractivity contribution is 6.00. The number of nitrogens with one attached hydrogen (secondary N) is 1. The zero-order valence-electron chi connectivity index (χ0n) is 24.8. The fourth-order valence-corrected chi connectivity index (χ4v) is 6.24. The van der Waals surface area contributed by atoms with Crippen molar-refractivity contribution in [3.8, 4) is 11.5 Å². The van der Waals surface area contributed by atoms with Gasteiger partial charge in [-0.15, -0.1) is 0 Å². The molecule has 0 spiro atoms. The number of imide groups is 1. The lowest BCUT2D eigenvalue weighted by Gasteiger charge is -2.36. The minimum Gasteiger partial charge on any atom is -0.489 e. The van der Waals surface area contributed by atoms with Gasteiger partial charge in [0, 0.05) is 5.70 Å². The number of amides is 3. The number of hydrogen-bond acceptors (Lipinski definition) is 7. The Morgan fingerprint density at radius 2 is 1.47 bits per heavy atom. The molecule has 43 heavy (non-hydrogen) atoms. The first-order valence-electron chi connectivity index (χ1n) is 15.7. The van der Waals surface area contributed by atoms with Gasteiger partial charge in [0.05, 0.1) is 25.4 Å². The van der Waals surface area contributed by atoms with E-state index < -0.39 is 30.7 Å². The Labute approximate surface area is 251 Å². The Morgan fingerprint density at radius 3 is 2.07 bits per heavy atom. The third-order valence-corrected chi connectivity index (χ3v) is 8.88. The van der Waals surface area contributed by atoms with Crippen molar-refractivity contribution in [1.82, 2.24) is 10.2 Å². The predicted molar refractivity (Wildman–Crippen MR) is 153 cm³/mol. The normalized spacial score (nSPS) is 21.9. The van der Waals surface area contributed by atoms with Crippen LogP contribution in [0.3, 0.4) is 0 Å². The van der Waals surface area contributed by atoms with Crippen molar-refractivity contribution in [2.45, 2.75) is 96.6 Å². The molecule has 4 aliphatic rings. The summed E-state index contributed by atoms with van der Waals surface area (Å²) < 4.78 is 48.4. The molecule has 9 nitrogen and oxygen atoms in total. The Kier molecular flexibility index (Phi) is 10.4. The molecule has 0 bridgehead atoms. The third kappa shape index (κ3) is 8.17. The van der Waals surface area contributed by atoms with Crippen molar-refractivity contribution in [3.63, 3.8) is 0 Å². The number of ether oxygens (including phenoxy) is 4. The average molecular weight is 605 g/mol. The van der Waals surface area contributed by atoms with Crippen LogP contribution in [0.1, 0.15) is 95.6 Å². The van der Waals surface area contributed by atoms with Crippen LogP contribution in [0, 0.1) is 17.8 Å². The number of rotatable bonds is 11. The molecule has 3 aliphatic carbocycles. The van der Waals surface area contributed by atoms with Crippen LogP contribution < -0.4 is 14.8 Å². The molecule has 0 radical (unpaired) electrons. The number of carbonyl (C=O) groups is 3. The van der Waals surface area contributed by atoms with E-state index in [4.69, 9.17) is 18.9 Å². The molecule has 5 rings (SSSR count). The van der Waals surface area contributed by atoms with Crippen LogP contribution >= 0.6 is 0 Å². The zero-order chi connectivity index (χ0) is 30.3. The molecule has 11 heteroatoms. The van der Waals surface area contributed by atoms with E-state index in [2.05, 4.69) is 5.32 Å². The molecule has 1 aromatic rings. The fraction of sp³-hybridized carbons (Fsp3) is 0.656. The van der Waals surface area contributed by atoms with Crippen molar-refractivity contribution < 1.29 is 42.1 Å². The summed E-state index contributed by atoms with van der Waals surface area (Å²) in [5, 5.41) is 2.63. The summed E-state index contributed by atoms with van der Waals surface area (Å²) in [6.07, 6.45) is 11.5. The Balaban J connectivity index is 1.45. The number of carbonyl (C=O) groups excluding carboxylic acids is 3. The van der Waals surface area contributed by atoms with E-state index in [1.165, 1.54) is 18.2 Å². The van der Waals surface area contributed by atoms with Gasteiger partial charge in [0.15, 0.2) is 11.5 Å². The summed E-state index contributed by atoms with van der Waals surface area (Å²) in [6.45, 7) is -0.790. The second-order valence-corrected chi connectivity index (χ2v) is 12.3. The quantitative estimate of drug-likeness (QED) is 0.265. The largest absolute Gasteiger partial charge is 0.489 e. The van der Waals surface area contributed by atoms with E-state index in [-0.39, 0.29) is 47.8 Å². The van der Waals surface area contributed by atoms with Gasteiger partial charge in [-0.2, -0.15) is 8.78 Å². The lowest BCUT2D eigenvalue weighted by molar-refractivity contribution is -0.141. The maximum absolute atomic E-state index is 13.7. The van der Waals surface area contributed by atoms with Crippen LogP contribution in [0.15, 0.2) is 29.5 Å². The van der Waals surface area contributed by atoms with Crippen molar-refractivity contribution in [2.24, 2.45) is 17.8 Å². The van der Waals surface area contributed by atoms with Crippen LogP contribution in [0.25, 0.3) is 0 Å². The van der Waals surface area contributed by atoms with Crippen LogP contribution in [-0.2, 0) is 14.3 Å². The van der Waals surface area contributed by atoms with Gasteiger partial charge in [0.2, 0.25) is 0 Å². The minimum atomic E-state index is -3.08. The summed E-state index contributed by atoms with van der Waals surface area (Å²) in [6, 6.07) is 2.23. The van der Waals surface area contributed by atoms with Gasteiger partial charge in [-0.3, -0.25) is 0 Å². The predicted octanol–water partition coefficient (Wildman–Crippen LogP) is 7.26. The molecular weight excluding hydrogens is 562 g/mol. The van der Waals surface area contributed by atoms with E-state index in [0.717, 1.165) is 81.9 Å². The Hall–Kier alpha value is -3.37. The average Bonchev–Trinajstić information content (AvgIpc) is 3.83. The zero-order valence-corrected chi connectivity index (χ0v) is 24.8. The molecule has 1 atom stereocenters. The fourth-order valence-electron chi connectivity index (χ4n) is 6.24. The number of esters is 1. The molecule has 1 unspecified atom stereocenters. The Bertz CT molecular complexity index is 1190. The molecule has 0 aromatic heterocycles. The highest BCUT2D eigenvalue weighted by Crippen LogP contribution is 2.41. The van der Waals surface area contributed by atoms with Crippen LogP contribution in [0.2, 0.25) is 0 Å². The smallest absolute Gasteiger partial charge is 0.418 e. The standard InChI is InChI=1S/C32H42F2N2O7/c1-20-27(29(37)41-18-21-8-4-2-5-9-21)28(36(31(38)35-20)32(39)42-19-22-10-6-3-7-11-22)24-14-15-25(43-30(33)34)26(16-24)40-17-23-12-13-23/h14-16,21-23,28,30H,2-13,17-19H2,1H3,(H,35,38). The summed E-state index contributed by atoms with van der Waals surface area (Å²) in [7, 11) is 0. The molecule has 1 aliphatic heterocycles.